The second-order valence-corrected chi connectivity index (χ2v) is 5.48. The summed E-state index contributed by atoms with van der Waals surface area (Å²) in [5, 5.41) is 13.7. The van der Waals surface area contributed by atoms with Gasteiger partial charge in [0.1, 0.15) is 5.02 Å². The average molecular weight is 312 g/mol. The van der Waals surface area contributed by atoms with Gasteiger partial charge in [-0.25, -0.2) is 0 Å². The van der Waals surface area contributed by atoms with Crippen LogP contribution < -0.4 is 5.32 Å². The summed E-state index contributed by atoms with van der Waals surface area (Å²) < 4.78 is 0. The third-order valence-corrected chi connectivity index (χ3v) is 4.10. The van der Waals surface area contributed by atoms with Gasteiger partial charge in [0.15, 0.2) is 0 Å². The van der Waals surface area contributed by atoms with Gasteiger partial charge in [0, 0.05) is 18.7 Å². The van der Waals surface area contributed by atoms with E-state index in [9.17, 15) is 14.9 Å². The molecular formula is C14H18ClN3O3. The maximum absolute atomic E-state index is 12.3. The highest BCUT2D eigenvalue weighted by Crippen LogP contribution is 2.27. The predicted octanol–water partition coefficient (Wildman–Crippen LogP) is 2.46. The third-order valence-electron chi connectivity index (χ3n) is 3.71. The summed E-state index contributed by atoms with van der Waals surface area (Å²) in [6.45, 7) is 4.88. The summed E-state index contributed by atoms with van der Waals surface area (Å²) in [6.07, 6.45) is 1.94. The largest absolute Gasteiger partial charge is 0.348 e. The zero-order valence-corrected chi connectivity index (χ0v) is 12.6. The van der Waals surface area contributed by atoms with Crippen LogP contribution in [-0.2, 0) is 0 Å². The average Bonchev–Trinajstić information content (AvgIpc) is 2.47. The van der Waals surface area contributed by atoms with E-state index in [2.05, 4.69) is 17.1 Å². The van der Waals surface area contributed by atoms with Gasteiger partial charge in [0.2, 0.25) is 0 Å². The summed E-state index contributed by atoms with van der Waals surface area (Å²) in [5.41, 5.74) is -0.0948. The summed E-state index contributed by atoms with van der Waals surface area (Å²) in [4.78, 5) is 24.8. The van der Waals surface area contributed by atoms with Gasteiger partial charge in [-0.3, -0.25) is 14.9 Å². The number of piperidine rings is 1. The minimum absolute atomic E-state index is 0.0570. The van der Waals surface area contributed by atoms with Crippen molar-refractivity contribution in [1.29, 1.82) is 0 Å². The SMILES string of the molecule is CCN1CCCC(NC(=O)c2cccc([N+](=O)[O-])c2Cl)C1. The molecule has 1 heterocycles. The molecule has 0 aromatic heterocycles. The highest BCUT2D eigenvalue weighted by atomic mass is 35.5. The molecule has 21 heavy (non-hydrogen) atoms. The first kappa shape index (κ1) is 15.7. The molecule has 0 bridgehead atoms. The fourth-order valence-electron chi connectivity index (χ4n) is 2.56. The molecule has 2 rings (SSSR count). The van der Waals surface area contributed by atoms with Crippen LogP contribution >= 0.6 is 11.6 Å². The number of carbonyl (C=O) groups is 1. The number of halogens is 1. The standard InChI is InChI=1S/C14H18ClN3O3/c1-2-17-8-4-5-10(9-17)16-14(19)11-6-3-7-12(13(11)15)18(20)21/h3,6-7,10H,2,4-5,8-9H2,1H3,(H,16,19). The van der Waals surface area contributed by atoms with Crippen LogP contribution in [0.5, 0.6) is 0 Å². The number of likely N-dealkylation sites (tertiary alicyclic amines) is 1. The lowest BCUT2D eigenvalue weighted by Gasteiger charge is -2.32. The maximum Gasteiger partial charge on any atom is 0.288 e. The van der Waals surface area contributed by atoms with E-state index in [1.165, 1.54) is 18.2 Å². The molecule has 1 aromatic carbocycles. The molecule has 0 aliphatic carbocycles. The van der Waals surface area contributed by atoms with Crippen LogP contribution in [0.15, 0.2) is 18.2 Å². The highest BCUT2D eigenvalue weighted by Gasteiger charge is 2.24. The van der Waals surface area contributed by atoms with Crippen LogP contribution in [0.4, 0.5) is 5.69 Å². The molecule has 1 amide bonds. The predicted molar refractivity (Wildman–Crippen MR) is 80.7 cm³/mol. The normalized spacial score (nSPS) is 19.2. The van der Waals surface area contributed by atoms with E-state index in [4.69, 9.17) is 11.6 Å². The van der Waals surface area contributed by atoms with Crippen molar-refractivity contribution in [1.82, 2.24) is 10.2 Å². The summed E-state index contributed by atoms with van der Waals surface area (Å²) in [6, 6.07) is 4.32. The van der Waals surface area contributed by atoms with Gasteiger partial charge in [0.05, 0.1) is 10.5 Å². The van der Waals surface area contributed by atoms with E-state index in [1.807, 2.05) is 0 Å². The number of nitro benzene ring substituents is 1. The van der Waals surface area contributed by atoms with Gasteiger partial charge in [-0.2, -0.15) is 0 Å². The van der Waals surface area contributed by atoms with Crippen LogP contribution in [0.2, 0.25) is 5.02 Å². The van der Waals surface area contributed by atoms with Gasteiger partial charge >= 0.3 is 0 Å². The van der Waals surface area contributed by atoms with Crippen molar-refractivity contribution >= 4 is 23.2 Å². The Hall–Kier alpha value is -1.66. The Morgan fingerprint density at radius 3 is 3.00 bits per heavy atom. The zero-order chi connectivity index (χ0) is 15.4. The van der Waals surface area contributed by atoms with Crippen molar-refractivity contribution in [3.8, 4) is 0 Å². The molecule has 1 unspecified atom stereocenters. The van der Waals surface area contributed by atoms with Crippen LogP contribution in [0, 0.1) is 10.1 Å². The fraction of sp³-hybridized carbons (Fsp3) is 0.500. The van der Waals surface area contributed by atoms with Crippen LogP contribution in [0.1, 0.15) is 30.1 Å². The number of nitrogens with one attached hydrogen (secondary N) is 1. The summed E-state index contributed by atoms with van der Waals surface area (Å²) in [7, 11) is 0. The summed E-state index contributed by atoms with van der Waals surface area (Å²) >= 11 is 5.96. The number of nitrogens with zero attached hydrogens (tertiary/aromatic N) is 2. The van der Waals surface area contributed by atoms with Crippen LogP contribution in [0.3, 0.4) is 0 Å². The first-order valence-electron chi connectivity index (χ1n) is 6.99. The summed E-state index contributed by atoms with van der Waals surface area (Å²) in [5.74, 6) is -0.355. The molecule has 1 N–H and O–H groups in total. The number of rotatable bonds is 4. The minimum atomic E-state index is -0.585. The Bertz CT molecular complexity index is 550. The van der Waals surface area contributed by atoms with Gasteiger partial charge in [-0.1, -0.05) is 24.6 Å². The number of carbonyl (C=O) groups excluding carboxylic acids is 1. The Balaban J connectivity index is 2.10. The van der Waals surface area contributed by atoms with E-state index in [-0.39, 0.29) is 28.2 Å². The van der Waals surface area contributed by atoms with Gasteiger partial charge in [-0.05, 0) is 32.0 Å². The number of likely N-dealkylation sites (N-methyl/N-ethyl adjacent to an activating group) is 1. The lowest BCUT2D eigenvalue weighted by molar-refractivity contribution is -0.384. The lowest BCUT2D eigenvalue weighted by atomic mass is 10.0. The molecule has 0 radical (unpaired) electrons. The number of amides is 1. The Labute approximate surface area is 128 Å². The van der Waals surface area contributed by atoms with E-state index in [1.54, 1.807) is 0 Å². The minimum Gasteiger partial charge on any atom is -0.348 e. The first-order valence-corrected chi connectivity index (χ1v) is 7.36. The number of hydrogen-bond acceptors (Lipinski definition) is 4. The molecule has 6 nitrogen and oxygen atoms in total. The van der Waals surface area contributed by atoms with Crippen molar-refractivity contribution in [2.75, 3.05) is 19.6 Å². The molecule has 1 fully saturated rings. The van der Waals surface area contributed by atoms with E-state index in [0.717, 1.165) is 32.5 Å². The van der Waals surface area contributed by atoms with Crippen LogP contribution in [-0.4, -0.2) is 41.4 Å². The molecule has 1 aromatic rings. The molecule has 0 spiro atoms. The van der Waals surface area contributed by atoms with Gasteiger partial charge in [-0.15, -0.1) is 0 Å². The van der Waals surface area contributed by atoms with Crippen molar-refractivity contribution in [2.45, 2.75) is 25.8 Å². The number of benzene rings is 1. The Morgan fingerprint density at radius 2 is 2.33 bits per heavy atom. The Morgan fingerprint density at radius 1 is 1.57 bits per heavy atom. The van der Waals surface area contributed by atoms with Crippen molar-refractivity contribution in [3.05, 3.63) is 38.9 Å². The second kappa shape index (κ2) is 6.87. The molecule has 1 atom stereocenters. The lowest BCUT2D eigenvalue weighted by Crippen LogP contribution is -2.47. The smallest absolute Gasteiger partial charge is 0.288 e. The molecule has 1 aliphatic rings. The van der Waals surface area contributed by atoms with E-state index >= 15 is 0 Å². The number of hydrogen-bond donors (Lipinski definition) is 1. The molecule has 114 valence electrons. The number of nitro groups is 1. The fourth-order valence-corrected chi connectivity index (χ4v) is 2.84. The van der Waals surface area contributed by atoms with Crippen molar-refractivity contribution in [2.24, 2.45) is 0 Å². The quantitative estimate of drug-likeness (QED) is 0.684. The maximum atomic E-state index is 12.3. The molecule has 1 saturated heterocycles. The monoisotopic (exact) mass is 311 g/mol. The second-order valence-electron chi connectivity index (χ2n) is 5.10. The topological polar surface area (TPSA) is 75.5 Å². The third kappa shape index (κ3) is 3.71. The molecular weight excluding hydrogens is 294 g/mol. The molecule has 1 aliphatic heterocycles. The van der Waals surface area contributed by atoms with Crippen molar-refractivity contribution in [3.63, 3.8) is 0 Å². The zero-order valence-electron chi connectivity index (χ0n) is 11.8. The highest BCUT2D eigenvalue weighted by molar-refractivity contribution is 6.35. The van der Waals surface area contributed by atoms with E-state index in [0.29, 0.717) is 0 Å². The Kier molecular flexibility index (Phi) is 5.14. The first-order chi connectivity index (χ1) is 10.0. The molecule has 7 heteroatoms. The molecule has 0 saturated carbocycles. The van der Waals surface area contributed by atoms with E-state index < -0.39 is 4.92 Å². The van der Waals surface area contributed by atoms with Gasteiger partial charge in [0.25, 0.3) is 11.6 Å². The van der Waals surface area contributed by atoms with Gasteiger partial charge < -0.3 is 10.2 Å². The van der Waals surface area contributed by atoms with Crippen molar-refractivity contribution < 1.29 is 9.72 Å². The van der Waals surface area contributed by atoms with Crippen LogP contribution in [0.25, 0.3) is 0 Å².